The van der Waals surface area contributed by atoms with E-state index in [1.807, 2.05) is 4.90 Å². The van der Waals surface area contributed by atoms with Crippen LogP contribution in [0.4, 0.5) is 8.78 Å². The van der Waals surface area contributed by atoms with E-state index in [4.69, 9.17) is 9.47 Å². The minimum Gasteiger partial charge on any atom is -0.493 e. The van der Waals surface area contributed by atoms with Gasteiger partial charge in [-0.2, -0.15) is 8.78 Å². The topological polar surface area (TPSA) is 77.1 Å². The number of nitrogens with one attached hydrogen (secondary N) is 1. The molecule has 2 rings (SSSR count). The minimum absolute atomic E-state index is 0.0592. The Hall–Kier alpha value is -2.42. The number of carbonyl (C=O) groups excluding carboxylic acids is 2. The second kappa shape index (κ2) is 10.1. The zero-order valence-corrected chi connectivity index (χ0v) is 15.4. The lowest BCUT2D eigenvalue weighted by atomic mass is 9.97. The molecule has 1 fully saturated rings. The average molecular weight is 386 g/mol. The van der Waals surface area contributed by atoms with Gasteiger partial charge in [0.1, 0.15) is 0 Å². The maximum Gasteiger partial charge on any atom is 0.387 e. The smallest absolute Gasteiger partial charge is 0.387 e. The van der Waals surface area contributed by atoms with Gasteiger partial charge in [-0.05, 0) is 43.6 Å². The minimum atomic E-state index is -2.94. The molecule has 1 heterocycles. The number of methoxy groups -OCH3 is 2. The number of halogens is 2. The molecule has 9 heteroatoms. The monoisotopic (exact) mass is 386 g/mol. The van der Waals surface area contributed by atoms with Gasteiger partial charge in [0.2, 0.25) is 5.91 Å². The van der Waals surface area contributed by atoms with Crippen LogP contribution < -0.4 is 14.8 Å². The maximum atomic E-state index is 12.3. The predicted molar refractivity (Wildman–Crippen MR) is 92.7 cm³/mol. The summed E-state index contributed by atoms with van der Waals surface area (Å²) in [6, 6.07) is 4.51. The Morgan fingerprint density at radius 3 is 2.52 bits per heavy atom. The molecule has 1 aromatic rings. The van der Waals surface area contributed by atoms with Gasteiger partial charge >= 0.3 is 12.6 Å². The van der Waals surface area contributed by atoms with E-state index in [1.165, 1.54) is 20.3 Å². The Balaban J connectivity index is 1.79. The molecule has 0 bridgehead atoms. The molecule has 0 radical (unpaired) electrons. The fourth-order valence-electron chi connectivity index (χ4n) is 2.97. The van der Waals surface area contributed by atoms with Gasteiger partial charge in [-0.1, -0.05) is 6.07 Å². The second-order valence-corrected chi connectivity index (χ2v) is 6.21. The number of likely N-dealkylation sites (tertiary alicyclic amines) is 1. The molecule has 0 aliphatic carbocycles. The van der Waals surface area contributed by atoms with Crippen LogP contribution in [-0.4, -0.2) is 57.2 Å². The number of carbonyl (C=O) groups is 2. The molecule has 1 aromatic carbocycles. The summed E-state index contributed by atoms with van der Waals surface area (Å²) in [5.41, 5.74) is 0.700. The molecular weight excluding hydrogens is 362 g/mol. The molecule has 1 N–H and O–H groups in total. The van der Waals surface area contributed by atoms with E-state index in [1.54, 1.807) is 12.1 Å². The van der Waals surface area contributed by atoms with Crippen LogP contribution in [-0.2, 0) is 20.9 Å². The van der Waals surface area contributed by atoms with Crippen LogP contribution in [0.15, 0.2) is 18.2 Å². The van der Waals surface area contributed by atoms with Crippen LogP contribution in [0.2, 0.25) is 0 Å². The van der Waals surface area contributed by atoms with Crippen molar-refractivity contribution in [1.29, 1.82) is 0 Å². The molecule has 0 saturated carbocycles. The van der Waals surface area contributed by atoms with Crippen molar-refractivity contribution in [3.8, 4) is 11.5 Å². The third-order valence-electron chi connectivity index (χ3n) is 4.42. The molecule has 0 aromatic heterocycles. The number of piperidine rings is 1. The number of rotatable bonds is 8. The molecule has 0 unspecified atom stereocenters. The maximum absolute atomic E-state index is 12.3. The zero-order valence-electron chi connectivity index (χ0n) is 15.4. The molecule has 150 valence electrons. The summed E-state index contributed by atoms with van der Waals surface area (Å²) in [5, 5.41) is 2.79. The Kier molecular flexibility index (Phi) is 7.78. The first-order valence-electron chi connectivity index (χ1n) is 8.61. The van der Waals surface area contributed by atoms with Gasteiger partial charge in [-0.25, -0.2) is 0 Å². The summed E-state index contributed by atoms with van der Waals surface area (Å²) in [6.07, 6.45) is 1.34. The summed E-state index contributed by atoms with van der Waals surface area (Å²) in [6.45, 7) is -1.16. The lowest BCUT2D eigenvalue weighted by molar-refractivity contribution is -0.147. The van der Waals surface area contributed by atoms with E-state index in [9.17, 15) is 18.4 Å². The standard InChI is InChI=1S/C18H24F2N2O5/c1-25-15-9-12(3-4-14(15)27-18(19)20)10-21-16(23)11-22-7-5-13(6-8-22)17(24)26-2/h3-4,9,13,18H,5-8,10-11H2,1-2H3,(H,21,23). The largest absolute Gasteiger partial charge is 0.493 e. The molecule has 1 aliphatic heterocycles. The van der Waals surface area contributed by atoms with Crippen LogP contribution in [0.5, 0.6) is 11.5 Å². The summed E-state index contributed by atoms with van der Waals surface area (Å²) in [4.78, 5) is 25.6. The van der Waals surface area contributed by atoms with Gasteiger partial charge in [0.05, 0.1) is 26.7 Å². The van der Waals surface area contributed by atoms with Crippen molar-refractivity contribution < 1.29 is 32.6 Å². The number of alkyl halides is 2. The predicted octanol–water partition coefficient (Wildman–Crippen LogP) is 1.80. The summed E-state index contributed by atoms with van der Waals surface area (Å²) >= 11 is 0. The van der Waals surface area contributed by atoms with Crippen molar-refractivity contribution in [3.05, 3.63) is 23.8 Å². The molecule has 0 atom stereocenters. The van der Waals surface area contributed by atoms with Crippen molar-refractivity contribution in [2.45, 2.75) is 26.0 Å². The van der Waals surface area contributed by atoms with Gasteiger partial charge in [0, 0.05) is 6.54 Å². The van der Waals surface area contributed by atoms with Crippen LogP contribution in [0.3, 0.4) is 0 Å². The highest BCUT2D eigenvalue weighted by Crippen LogP contribution is 2.29. The third-order valence-corrected chi connectivity index (χ3v) is 4.42. The first-order valence-corrected chi connectivity index (χ1v) is 8.61. The van der Waals surface area contributed by atoms with E-state index < -0.39 is 6.61 Å². The number of esters is 1. The SMILES string of the molecule is COC(=O)C1CCN(CC(=O)NCc2ccc(OC(F)F)c(OC)c2)CC1. The first-order chi connectivity index (χ1) is 12.9. The normalized spacial score (nSPS) is 15.4. The van der Waals surface area contributed by atoms with Crippen molar-refractivity contribution in [1.82, 2.24) is 10.2 Å². The Bertz CT molecular complexity index is 649. The van der Waals surface area contributed by atoms with E-state index in [2.05, 4.69) is 10.1 Å². The number of nitrogens with zero attached hydrogens (tertiary/aromatic N) is 1. The Morgan fingerprint density at radius 1 is 1.22 bits per heavy atom. The first kappa shape index (κ1) is 20.9. The molecule has 7 nitrogen and oxygen atoms in total. The zero-order chi connectivity index (χ0) is 19.8. The van der Waals surface area contributed by atoms with Crippen LogP contribution in [0, 0.1) is 5.92 Å². The lowest BCUT2D eigenvalue weighted by Gasteiger charge is -2.29. The number of hydrogen-bond acceptors (Lipinski definition) is 6. The molecule has 27 heavy (non-hydrogen) atoms. The molecule has 0 spiro atoms. The fraction of sp³-hybridized carbons (Fsp3) is 0.556. The van der Waals surface area contributed by atoms with E-state index in [-0.39, 0.29) is 42.4 Å². The van der Waals surface area contributed by atoms with E-state index >= 15 is 0 Å². The summed E-state index contributed by atoms with van der Waals surface area (Å²) in [5.74, 6) is -0.343. The quantitative estimate of drug-likeness (QED) is 0.687. The lowest BCUT2D eigenvalue weighted by Crippen LogP contribution is -2.42. The number of benzene rings is 1. The average Bonchev–Trinajstić information content (AvgIpc) is 2.66. The van der Waals surface area contributed by atoms with Crippen molar-refractivity contribution in [2.75, 3.05) is 33.9 Å². The van der Waals surface area contributed by atoms with E-state index in [0.717, 1.165) is 0 Å². The second-order valence-electron chi connectivity index (χ2n) is 6.21. The molecule has 1 saturated heterocycles. The fourth-order valence-corrected chi connectivity index (χ4v) is 2.97. The highest BCUT2D eigenvalue weighted by Gasteiger charge is 2.26. The van der Waals surface area contributed by atoms with Crippen molar-refractivity contribution in [3.63, 3.8) is 0 Å². The van der Waals surface area contributed by atoms with E-state index in [0.29, 0.717) is 31.5 Å². The summed E-state index contributed by atoms with van der Waals surface area (Å²) < 4.78 is 38.8. The number of amides is 1. The van der Waals surface area contributed by atoms with Crippen molar-refractivity contribution >= 4 is 11.9 Å². The summed E-state index contributed by atoms with van der Waals surface area (Å²) in [7, 11) is 2.73. The van der Waals surface area contributed by atoms with Crippen molar-refractivity contribution in [2.24, 2.45) is 5.92 Å². The van der Waals surface area contributed by atoms with Gasteiger partial charge in [-0.3, -0.25) is 14.5 Å². The van der Waals surface area contributed by atoms with Gasteiger partial charge < -0.3 is 19.5 Å². The number of ether oxygens (including phenoxy) is 3. The van der Waals surface area contributed by atoms with Gasteiger partial charge in [-0.15, -0.1) is 0 Å². The Labute approximate surface area is 156 Å². The molecule has 1 amide bonds. The van der Waals surface area contributed by atoms with Crippen LogP contribution >= 0.6 is 0 Å². The highest BCUT2D eigenvalue weighted by molar-refractivity contribution is 5.78. The Morgan fingerprint density at radius 2 is 1.93 bits per heavy atom. The number of hydrogen-bond donors (Lipinski definition) is 1. The van der Waals surface area contributed by atoms with Crippen LogP contribution in [0.25, 0.3) is 0 Å². The van der Waals surface area contributed by atoms with Gasteiger partial charge in [0.25, 0.3) is 0 Å². The molecule has 1 aliphatic rings. The molecular formula is C18H24F2N2O5. The highest BCUT2D eigenvalue weighted by atomic mass is 19.3. The van der Waals surface area contributed by atoms with Crippen LogP contribution in [0.1, 0.15) is 18.4 Å². The third kappa shape index (κ3) is 6.35. The van der Waals surface area contributed by atoms with Gasteiger partial charge in [0.15, 0.2) is 11.5 Å².